The van der Waals surface area contributed by atoms with Crippen LogP contribution in [0.5, 0.6) is 0 Å². The molecule has 0 heteroatoms. The van der Waals surface area contributed by atoms with Gasteiger partial charge in [-0.15, -0.1) is 0 Å². The van der Waals surface area contributed by atoms with Gasteiger partial charge in [-0.2, -0.15) is 0 Å². The molecule has 0 spiro atoms. The minimum absolute atomic E-state index is 1.10. The molecule has 0 fully saturated rings. The van der Waals surface area contributed by atoms with Crippen LogP contribution in [0.2, 0.25) is 0 Å². The average Bonchev–Trinajstić information content (AvgIpc) is 2.99. The van der Waals surface area contributed by atoms with Gasteiger partial charge in [-0.3, -0.25) is 0 Å². The van der Waals surface area contributed by atoms with Crippen LogP contribution in [0.3, 0.4) is 0 Å². The molecule has 178 valence electrons. The molecule has 0 nitrogen and oxygen atoms in total. The van der Waals surface area contributed by atoms with Gasteiger partial charge in [0.05, 0.1) is 0 Å². The molecule has 0 unspecified atom stereocenters. The first-order valence-electron chi connectivity index (χ1n) is 13.0. The summed E-state index contributed by atoms with van der Waals surface area (Å²) in [6, 6.07) is 44.3. The third-order valence-corrected chi connectivity index (χ3v) is 7.78. The van der Waals surface area contributed by atoms with Crippen LogP contribution in [-0.2, 0) is 0 Å². The topological polar surface area (TPSA) is 0 Å². The van der Waals surface area contributed by atoms with Crippen LogP contribution in [0, 0.1) is 0 Å². The lowest BCUT2D eigenvalue weighted by molar-refractivity contribution is 1.59. The van der Waals surface area contributed by atoms with E-state index in [2.05, 4.69) is 134 Å². The number of benzene rings is 7. The van der Waals surface area contributed by atoms with Gasteiger partial charge in [0.1, 0.15) is 0 Å². The molecule has 0 radical (unpaired) electrons. The second-order valence-corrected chi connectivity index (χ2v) is 9.85. The quantitative estimate of drug-likeness (QED) is 0.219. The third kappa shape index (κ3) is 3.46. The molecular formula is C38H26. The summed E-state index contributed by atoms with van der Waals surface area (Å²) >= 11 is 0. The molecule has 0 heterocycles. The van der Waals surface area contributed by atoms with E-state index in [0.29, 0.717) is 0 Å². The van der Waals surface area contributed by atoms with E-state index in [1.54, 1.807) is 0 Å². The summed E-state index contributed by atoms with van der Waals surface area (Å²) < 4.78 is 0. The Morgan fingerprint density at radius 3 is 1.53 bits per heavy atom. The van der Waals surface area contributed by atoms with E-state index in [1.165, 1.54) is 65.3 Å². The van der Waals surface area contributed by atoms with Crippen molar-refractivity contribution in [2.24, 2.45) is 0 Å². The normalized spacial score (nSPS) is 11.4. The minimum Gasteiger partial charge on any atom is -0.0984 e. The molecule has 7 aromatic carbocycles. The highest BCUT2D eigenvalue weighted by atomic mass is 14.2. The predicted molar refractivity (Wildman–Crippen MR) is 168 cm³/mol. The monoisotopic (exact) mass is 482 g/mol. The first kappa shape index (κ1) is 22.3. The molecule has 38 heavy (non-hydrogen) atoms. The van der Waals surface area contributed by atoms with E-state index < -0.39 is 0 Å². The van der Waals surface area contributed by atoms with Crippen molar-refractivity contribution in [1.82, 2.24) is 0 Å². The first-order valence-corrected chi connectivity index (χ1v) is 13.0. The largest absolute Gasteiger partial charge is 0.0984 e. The van der Waals surface area contributed by atoms with Gasteiger partial charge in [0.25, 0.3) is 0 Å². The Labute approximate surface area is 222 Å². The van der Waals surface area contributed by atoms with Crippen LogP contribution in [0.25, 0.3) is 77.5 Å². The first-order chi connectivity index (χ1) is 18.7. The lowest BCUT2D eigenvalue weighted by atomic mass is 9.88. The Hall–Kier alpha value is -4.94. The second kappa shape index (κ2) is 8.87. The minimum atomic E-state index is 1.10. The summed E-state index contributed by atoms with van der Waals surface area (Å²) in [6.45, 7) is 7.95. The Morgan fingerprint density at radius 1 is 0.368 bits per heavy atom. The molecular weight excluding hydrogens is 456 g/mol. The van der Waals surface area contributed by atoms with Crippen molar-refractivity contribution in [3.63, 3.8) is 0 Å². The van der Waals surface area contributed by atoms with E-state index in [4.69, 9.17) is 0 Å². The van der Waals surface area contributed by atoms with Gasteiger partial charge in [-0.25, -0.2) is 0 Å². The van der Waals surface area contributed by atoms with E-state index >= 15 is 0 Å². The van der Waals surface area contributed by atoms with Gasteiger partial charge >= 0.3 is 0 Å². The number of hydrogen-bond donors (Lipinski definition) is 0. The van der Waals surface area contributed by atoms with Crippen LogP contribution in [0.1, 0.15) is 11.1 Å². The lowest BCUT2D eigenvalue weighted by Gasteiger charge is -2.16. The highest BCUT2D eigenvalue weighted by Gasteiger charge is 2.14. The van der Waals surface area contributed by atoms with Crippen LogP contribution >= 0.6 is 0 Å². The fraction of sp³-hybridized carbons (Fsp3) is 0. The predicted octanol–water partition coefficient (Wildman–Crippen LogP) is 10.9. The molecule has 0 saturated heterocycles. The molecule has 0 aromatic heterocycles. The Bertz CT molecular complexity index is 2060. The van der Waals surface area contributed by atoms with Crippen molar-refractivity contribution < 1.29 is 0 Å². The summed E-state index contributed by atoms with van der Waals surface area (Å²) in [7, 11) is 0. The maximum absolute atomic E-state index is 4.00. The second-order valence-electron chi connectivity index (χ2n) is 9.85. The van der Waals surface area contributed by atoms with Gasteiger partial charge in [-0.1, -0.05) is 122 Å². The maximum atomic E-state index is 4.00. The van der Waals surface area contributed by atoms with Gasteiger partial charge in [-0.05, 0) is 101 Å². The lowest BCUT2D eigenvalue weighted by Crippen LogP contribution is -1.89. The fourth-order valence-electron chi connectivity index (χ4n) is 5.91. The molecule has 0 aliphatic heterocycles. The van der Waals surface area contributed by atoms with Gasteiger partial charge < -0.3 is 0 Å². The molecule has 0 amide bonds. The molecule has 0 atom stereocenters. The molecule has 0 saturated carbocycles. The zero-order valence-corrected chi connectivity index (χ0v) is 21.1. The highest BCUT2D eigenvalue weighted by molar-refractivity contribution is 6.20. The van der Waals surface area contributed by atoms with Gasteiger partial charge in [0.2, 0.25) is 0 Å². The van der Waals surface area contributed by atoms with E-state index in [9.17, 15) is 0 Å². The molecule has 0 aliphatic carbocycles. The molecule has 7 rings (SSSR count). The maximum Gasteiger partial charge on any atom is -0.00926 e. The van der Waals surface area contributed by atoms with Crippen molar-refractivity contribution in [3.05, 3.63) is 146 Å². The summed E-state index contributed by atoms with van der Waals surface area (Å²) in [5.41, 5.74) is 7.10. The number of rotatable bonds is 4. The summed E-state index contributed by atoms with van der Waals surface area (Å²) in [5.74, 6) is 0. The Morgan fingerprint density at radius 2 is 0.868 bits per heavy atom. The van der Waals surface area contributed by atoms with Crippen LogP contribution in [0.4, 0.5) is 0 Å². The smallest absolute Gasteiger partial charge is 0.00926 e. The summed E-state index contributed by atoms with van der Waals surface area (Å²) in [4.78, 5) is 0. The standard InChI is InChI=1S/C38H26/c1-3-25-17-18-27(21-26(25)4-2)28-19-20-32-30(22-28)24-38(36-16-10-8-14-34(32)36)37-23-29-11-5-6-12-31(29)33-13-7-9-15-35(33)37/h3-24H,1-2H2. The van der Waals surface area contributed by atoms with Crippen LogP contribution in [0.15, 0.2) is 134 Å². The molecule has 0 aliphatic rings. The summed E-state index contributed by atoms with van der Waals surface area (Å²) in [6.07, 6.45) is 3.78. The average molecular weight is 483 g/mol. The van der Waals surface area contributed by atoms with Crippen molar-refractivity contribution >= 4 is 55.2 Å². The highest BCUT2D eigenvalue weighted by Crippen LogP contribution is 2.41. The molecule has 0 bridgehead atoms. The number of hydrogen-bond acceptors (Lipinski definition) is 0. The van der Waals surface area contributed by atoms with Crippen molar-refractivity contribution in [2.75, 3.05) is 0 Å². The Balaban J connectivity index is 1.54. The van der Waals surface area contributed by atoms with Crippen molar-refractivity contribution in [3.8, 4) is 22.3 Å². The van der Waals surface area contributed by atoms with Crippen LogP contribution in [-0.4, -0.2) is 0 Å². The van der Waals surface area contributed by atoms with Crippen molar-refractivity contribution in [1.29, 1.82) is 0 Å². The SMILES string of the molecule is C=Cc1ccc(-c2ccc3c(c2)cc(-c2cc4ccccc4c4ccccc24)c2ccccc23)cc1C=C. The fourth-order valence-corrected chi connectivity index (χ4v) is 5.91. The van der Waals surface area contributed by atoms with E-state index in [0.717, 1.165) is 11.1 Å². The number of fused-ring (bicyclic) bond motifs is 6. The zero-order chi connectivity index (χ0) is 25.6. The van der Waals surface area contributed by atoms with E-state index in [1.807, 2.05) is 12.2 Å². The summed E-state index contributed by atoms with van der Waals surface area (Å²) in [5, 5.41) is 10.2. The van der Waals surface area contributed by atoms with Crippen LogP contribution < -0.4 is 0 Å². The van der Waals surface area contributed by atoms with Crippen molar-refractivity contribution in [2.45, 2.75) is 0 Å². The molecule has 7 aromatic rings. The van der Waals surface area contributed by atoms with E-state index in [-0.39, 0.29) is 0 Å². The zero-order valence-electron chi connectivity index (χ0n) is 21.1. The third-order valence-electron chi connectivity index (χ3n) is 7.78. The van der Waals surface area contributed by atoms with Gasteiger partial charge in [0.15, 0.2) is 0 Å². The molecule has 0 N–H and O–H groups in total. The Kier molecular flexibility index (Phi) is 5.20. The van der Waals surface area contributed by atoms with Gasteiger partial charge in [0, 0.05) is 0 Å².